The van der Waals surface area contributed by atoms with Crippen molar-refractivity contribution in [3.05, 3.63) is 42.5 Å². The van der Waals surface area contributed by atoms with E-state index in [-0.39, 0.29) is 6.04 Å². The van der Waals surface area contributed by atoms with Crippen LogP contribution in [0.3, 0.4) is 0 Å². The fourth-order valence-corrected chi connectivity index (χ4v) is 2.30. The summed E-state index contributed by atoms with van der Waals surface area (Å²) in [4.78, 5) is 13.9. The van der Waals surface area contributed by atoms with E-state index in [2.05, 4.69) is 46.2 Å². The minimum absolute atomic E-state index is 0.284. The lowest BCUT2D eigenvalue weighted by Gasteiger charge is -2.12. The van der Waals surface area contributed by atoms with Gasteiger partial charge in [0.25, 0.3) is 0 Å². The minimum Gasteiger partial charge on any atom is -0.309 e. The van der Waals surface area contributed by atoms with Crippen molar-refractivity contribution >= 4 is 11.8 Å². The first-order chi connectivity index (χ1) is 9.29. The molecule has 0 amide bonds. The molecule has 2 heterocycles. The van der Waals surface area contributed by atoms with Gasteiger partial charge >= 0.3 is 0 Å². The van der Waals surface area contributed by atoms with Gasteiger partial charge < -0.3 is 5.32 Å². The van der Waals surface area contributed by atoms with Gasteiger partial charge in [0.2, 0.25) is 0 Å². The van der Waals surface area contributed by atoms with Crippen molar-refractivity contribution in [2.75, 3.05) is 6.54 Å². The third kappa shape index (κ3) is 4.29. The average molecular weight is 274 g/mol. The number of pyridine rings is 1. The van der Waals surface area contributed by atoms with Crippen molar-refractivity contribution in [2.45, 2.75) is 36.4 Å². The monoisotopic (exact) mass is 274 g/mol. The molecule has 1 unspecified atom stereocenters. The lowest BCUT2D eigenvalue weighted by atomic mass is 10.2. The van der Waals surface area contributed by atoms with Crippen LogP contribution in [-0.2, 0) is 0 Å². The predicted molar refractivity (Wildman–Crippen MR) is 77.1 cm³/mol. The Labute approximate surface area is 118 Å². The number of nitrogens with one attached hydrogen (secondary N) is 1. The average Bonchev–Trinajstić information content (AvgIpc) is 2.46. The van der Waals surface area contributed by atoms with E-state index < -0.39 is 0 Å². The molecule has 2 aromatic heterocycles. The van der Waals surface area contributed by atoms with E-state index in [9.17, 15) is 0 Å². The molecule has 0 radical (unpaired) electrons. The van der Waals surface area contributed by atoms with Gasteiger partial charge in [-0.05, 0) is 49.9 Å². The second-order valence-corrected chi connectivity index (χ2v) is 5.27. The number of rotatable bonds is 6. The summed E-state index contributed by atoms with van der Waals surface area (Å²) in [5, 5.41) is 4.17. The summed E-state index contributed by atoms with van der Waals surface area (Å²) in [6, 6.07) is 6.21. The second kappa shape index (κ2) is 7.21. The first kappa shape index (κ1) is 14.0. The Morgan fingerprint density at radius 2 is 2.00 bits per heavy atom. The van der Waals surface area contributed by atoms with E-state index >= 15 is 0 Å². The van der Waals surface area contributed by atoms with E-state index in [0.717, 1.165) is 28.7 Å². The van der Waals surface area contributed by atoms with Crippen molar-refractivity contribution in [1.82, 2.24) is 20.3 Å². The highest BCUT2D eigenvalue weighted by atomic mass is 32.2. The van der Waals surface area contributed by atoms with Crippen molar-refractivity contribution < 1.29 is 0 Å². The maximum absolute atomic E-state index is 4.49. The molecule has 0 spiro atoms. The third-order valence-corrected chi connectivity index (χ3v) is 3.53. The zero-order chi connectivity index (χ0) is 13.5. The van der Waals surface area contributed by atoms with Gasteiger partial charge in [0.05, 0.1) is 5.69 Å². The van der Waals surface area contributed by atoms with Crippen LogP contribution in [0.1, 0.15) is 32.0 Å². The topological polar surface area (TPSA) is 50.7 Å². The molecular formula is C14H18N4S. The summed E-state index contributed by atoms with van der Waals surface area (Å²) in [6.45, 7) is 5.30. The Balaban J connectivity index is 1.98. The first-order valence-electron chi connectivity index (χ1n) is 6.44. The summed E-state index contributed by atoms with van der Waals surface area (Å²) in [5.74, 6) is 0. The van der Waals surface area contributed by atoms with Crippen LogP contribution in [0.25, 0.3) is 0 Å². The Bertz CT molecular complexity index is 487. The maximum Gasteiger partial charge on any atom is 0.192 e. The highest BCUT2D eigenvalue weighted by Crippen LogP contribution is 2.23. The van der Waals surface area contributed by atoms with Crippen LogP contribution in [0.4, 0.5) is 0 Å². The molecule has 0 aliphatic heterocycles. The van der Waals surface area contributed by atoms with Crippen LogP contribution >= 0.6 is 11.8 Å². The first-order valence-corrected chi connectivity index (χ1v) is 7.25. The van der Waals surface area contributed by atoms with Crippen LogP contribution in [0.15, 0.2) is 46.8 Å². The van der Waals surface area contributed by atoms with Crippen LogP contribution < -0.4 is 5.32 Å². The summed E-state index contributed by atoms with van der Waals surface area (Å²) >= 11 is 1.52. The normalized spacial score (nSPS) is 12.3. The molecule has 0 aliphatic carbocycles. The van der Waals surface area contributed by atoms with Crippen LogP contribution in [0.5, 0.6) is 0 Å². The minimum atomic E-state index is 0.284. The fraction of sp³-hybridized carbons (Fsp3) is 0.357. The Kier molecular flexibility index (Phi) is 5.30. The Morgan fingerprint density at radius 3 is 2.63 bits per heavy atom. The largest absolute Gasteiger partial charge is 0.309 e. The van der Waals surface area contributed by atoms with E-state index in [4.69, 9.17) is 0 Å². The van der Waals surface area contributed by atoms with E-state index in [0.29, 0.717) is 0 Å². The highest BCUT2D eigenvalue weighted by molar-refractivity contribution is 7.99. The summed E-state index contributed by atoms with van der Waals surface area (Å²) in [5.41, 5.74) is 1.06. The molecule has 0 bridgehead atoms. The molecule has 0 fully saturated rings. The summed E-state index contributed by atoms with van der Waals surface area (Å²) < 4.78 is 0. The molecular weight excluding hydrogens is 256 g/mol. The lowest BCUT2D eigenvalue weighted by molar-refractivity contribution is 0.558. The van der Waals surface area contributed by atoms with Crippen molar-refractivity contribution in [3.8, 4) is 0 Å². The van der Waals surface area contributed by atoms with Gasteiger partial charge in [-0.25, -0.2) is 9.97 Å². The van der Waals surface area contributed by atoms with Gasteiger partial charge in [-0.1, -0.05) is 6.92 Å². The molecule has 5 heteroatoms. The molecule has 1 atom stereocenters. The quantitative estimate of drug-likeness (QED) is 0.820. The number of hydrogen-bond donors (Lipinski definition) is 1. The summed E-state index contributed by atoms with van der Waals surface area (Å²) in [6.07, 6.45) is 6.49. The standard InChI is InChI=1S/C14H18N4S/c1-3-7-15-11(2)13-6-5-12(10-18-13)19-14-16-8-4-9-17-14/h4-6,8-11,15H,3,7H2,1-2H3. The molecule has 1 N–H and O–H groups in total. The molecule has 0 aromatic carbocycles. The van der Waals surface area contributed by atoms with Gasteiger partial charge in [0.1, 0.15) is 0 Å². The van der Waals surface area contributed by atoms with Crippen molar-refractivity contribution in [1.29, 1.82) is 0 Å². The van der Waals surface area contributed by atoms with Crippen LogP contribution in [0.2, 0.25) is 0 Å². The molecule has 2 rings (SSSR count). The van der Waals surface area contributed by atoms with E-state index in [1.54, 1.807) is 12.4 Å². The van der Waals surface area contributed by atoms with E-state index in [1.807, 2.05) is 12.3 Å². The molecule has 0 aliphatic rings. The van der Waals surface area contributed by atoms with Crippen LogP contribution in [-0.4, -0.2) is 21.5 Å². The smallest absolute Gasteiger partial charge is 0.192 e. The highest BCUT2D eigenvalue weighted by Gasteiger charge is 2.06. The molecule has 0 saturated heterocycles. The zero-order valence-electron chi connectivity index (χ0n) is 11.2. The van der Waals surface area contributed by atoms with Gasteiger partial charge in [-0.15, -0.1) is 0 Å². The SMILES string of the molecule is CCCNC(C)c1ccc(Sc2ncccn2)cn1. The number of nitrogens with zero attached hydrogens (tertiary/aromatic N) is 3. The van der Waals surface area contributed by atoms with Gasteiger partial charge in [0, 0.05) is 29.5 Å². The molecule has 2 aromatic rings. The Morgan fingerprint density at radius 1 is 1.21 bits per heavy atom. The number of aromatic nitrogens is 3. The van der Waals surface area contributed by atoms with Gasteiger partial charge in [-0.2, -0.15) is 0 Å². The third-order valence-electron chi connectivity index (χ3n) is 2.65. The van der Waals surface area contributed by atoms with E-state index in [1.165, 1.54) is 11.8 Å². The maximum atomic E-state index is 4.49. The Hall–Kier alpha value is -1.46. The summed E-state index contributed by atoms with van der Waals surface area (Å²) in [7, 11) is 0. The molecule has 4 nitrogen and oxygen atoms in total. The zero-order valence-corrected chi connectivity index (χ0v) is 12.0. The fourth-order valence-electron chi connectivity index (χ4n) is 1.62. The molecule has 0 saturated carbocycles. The van der Waals surface area contributed by atoms with Crippen molar-refractivity contribution in [2.24, 2.45) is 0 Å². The molecule has 19 heavy (non-hydrogen) atoms. The molecule has 100 valence electrons. The van der Waals surface area contributed by atoms with Crippen LogP contribution in [0, 0.1) is 0 Å². The lowest BCUT2D eigenvalue weighted by Crippen LogP contribution is -2.20. The number of hydrogen-bond acceptors (Lipinski definition) is 5. The second-order valence-electron chi connectivity index (χ2n) is 4.23. The van der Waals surface area contributed by atoms with Gasteiger partial charge in [-0.3, -0.25) is 4.98 Å². The predicted octanol–water partition coefficient (Wildman–Crippen LogP) is 3.08. The van der Waals surface area contributed by atoms with Gasteiger partial charge in [0.15, 0.2) is 5.16 Å². The van der Waals surface area contributed by atoms with Crippen molar-refractivity contribution in [3.63, 3.8) is 0 Å².